The summed E-state index contributed by atoms with van der Waals surface area (Å²) >= 11 is 12.0. The molecule has 1 heterocycles. The number of benzene rings is 1. The number of nitrogens with one attached hydrogen (secondary N) is 1. The minimum absolute atomic E-state index is 0.0304. The van der Waals surface area contributed by atoms with Gasteiger partial charge in [-0.25, -0.2) is 4.79 Å². The third-order valence-electron chi connectivity index (χ3n) is 3.93. The quantitative estimate of drug-likeness (QED) is 0.738. The summed E-state index contributed by atoms with van der Waals surface area (Å²) in [4.78, 5) is 41.6. The number of hydrogen-bond donors (Lipinski definition) is 2. The number of carbonyl (C=O) groups is 1. The second-order valence-corrected chi connectivity index (χ2v) is 8.34. The number of H-pyrrole nitrogens is 1. The predicted octanol–water partition coefficient (Wildman–Crippen LogP) is 3.38. The van der Waals surface area contributed by atoms with Crippen LogP contribution in [0.25, 0.3) is 0 Å². The van der Waals surface area contributed by atoms with Gasteiger partial charge in [-0.05, 0) is 30.0 Å². The lowest BCUT2D eigenvalue weighted by Gasteiger charge is -2.26. The van der Waals surface area contributed by atoms with E-state index in [9.17, 15) is 14.4 Å². The van der Waals surface area contributed by atoms with Gasteiger partial charge in [0, 0.05) is 28.7 Å². The van der Waals surface area contributed by atoms with Gasteiger partial charge in [0.15, 0.2) is 5.69 Å². The number of nitrogens with two attached hydrogens (primary N) is 1. The molecule has 0 bridgehead atoms. The first-order valence-electron chi connectivity index (χ1n) is 8.91. The topological polar surface area (TPSA) is 101 Å². The molecule has 0 fully saturated rings. The largest absolute Gasteiger partial charge is 0.383 e. The number of halogens is 2. The number of aromatic nitrogens is 2. The van der Waals surface area contributed by atoms with Crippen LogP contribution in [-0.2, 0) is 6.54 Å². The number of aromatic amines is 1. The Morgan fingerprint density at radius 3 is 2.18 bits per heavy atom. The molecule has 1 aromatic carbocycles. The smallest absolute Gasteiger partial charge is 0.330 e. The van der Waals surface area contributed by atoms with E-state index in [4.69, 9.17) is 28.9 Å². The number of hydrogen-bond acceptors (Lipinski definition) is 4. The van der Waals surface area contributed by atoms with Gasteiger partial charge in [0.25, 0.3) is 11.5 Å². The number of nitrogen functional groups attached to an aromatic ring is 1. The number of nitrogens with zero attached hydrogens (tertiary/aromatic N) is 2. The van der Waals surface area contributed by atoms with E-state index in [1.807, 2.05) is 27.7 Å². The Morgan fingerprint density at radius 1 is 1.11 bits per heavy atom. The van der Waals surface area contributed by atoms with Crippen LogP contribution in [0.15, 0.2) is 27.8 Å². The molecule has 0 radical (unpaired) electrons. The minimum atomic E-state index is -0.718. The Morgan fingerprint density at radius 2 is 1.68 bits per heavy atom. The van der Waals surface area contributed by atoms with Crippen LogP contribution in [0, 0.1) is 11.8 Å². The first kappa shape index (κ1) is 22.0. The third kappa shape index (κ3) is 4.97. The molecule has 0 unspecified atom stereocenters. The van der Waals surface area contributed by atoms with Gasteiger partial charge < -0.3 is 10.6 Å². The van der Waals surface area contributed by atoms with Crippen LogP contribution >= 0.6 is 23.2 Å². The van der Waals surface area contributed by atoms with E-state index in [0.29, 0.717) is 16.6 Å². The summed E-state index contributed by atoms with van der Waals surface area (Å²) in [5, 5.41) is 0.596. The van der Waals surface area contributed by atoms with Gasteiger partial charge in [0.2, 0.25) is 0 Å². The molecule has 1 aromatic heterocycles. The summed E-state index contributed by atoms with van der Waals surface area (Å²) < 4.78 is 1.27. The molecule has 152 valence electrons. The fourth-order valence-electron chi connectivity index (χ4n) is 2.86. The molecule has 0 aliphatic carbocycles. The molecular weight excluding hydrogens is 403 g/mol. The second-order valence-electron chi connectivity index (χ2n) is 7.47. The van der Waals surface area contributed by atoms with E-state index in [2.05, 4.69) is 4.98 Å². The molecule has 0 aliphatic heterocycles. The van der Waals surface area contributed by atoms with Crippen molar-refractivity contribution in [2.75, 3.05) is 17.2 Å². The number of anilines is 2. The lowest BCUT2D eigenvalue weighted by molar-refractivity contribution is 0.0983. The molecule has 0 saturated carbocycles. The summed E-state index contributed by atoms with van der Waals surface area (Å²) in [5.41, 5.74) is 5.02. The second kappa shape index (κ2) is 8.84. The van der Waals surface area contributed by atoms with Crippen LogP contribution < -0.4 is 21.9 Å². The molecule has 0 spiro atoms. The van der Waals surface area contributed by atoms with E-state index in [0.717, 1.165) is 0 Å². The fraction of sp³-hybridized carbons (Fsp3) is 0.421. The highest BCUT2D eigenvalue weighted by molar-refractivity contribution is 6.35. The molecule has 7 nitrogen and oxygen atoms in total. The number of rotatable bonds is 6. The zero-order chi connectivity index (χ0) is 21.2. The number of carbonyl (C=O) groups excluding carboxylic acids is 1. The van der Waals surface area contributed by atoms with Crippen molar-refractivity contribution in [3.05, 3.63) is 54.6 Å². The minimum Gasteiger partial charge on any atom is -0.383 e. The van der Waals surface area contributed by atoms with Gasteiger partial charge in [-0.1, -0.05) is 50.9 Å². The molecule has 0 saturated heterocycles. The summed E-state index contributed by atoms with van der Waals surface area (Å²) in [6, 6.07) is 4.45. The van der Waals surface area contributed by atoms with Crippen LogP contribution in [0.5, 0.6) is 0 Å². The van der Waals surface area contributed by atoms with Crippen LogP contribution in [0.4, 0.5) is 11.5 Å². The number of amides is 1. The predicted molar refractivity (Wildman–Crippen MR) is 114 cm³/mol. The first-order valence-corrected chi connectivity index (χ1v) is 9.67. The zero-order valence-electron chi connectivity index (χ0n) is 16.3. The van der Waals surface area contributed by atoms with Gasteiger partial charge in [0.05, 0.1) is 0 Å². The van der Waals surface area contributed by atoms with Crippen LogP contribution in [0.1, 0.15) is 38.1 Å². The van der Waals surface area contributed by atoms with Crippen molar-refractivity contribution in [3.8, 4) is 0 Å². The SMILES string of the molecule is CC(C)CN(C(=O)c1cc(Cl)cc(Cl)c1)c1c(N)n(CC(C)C)c(=O)[nH]c1=O. The Balaban J connectivity index is 2.68. The Bertz CT molecular complexity index is 975. The van der Waals surface area contributed by atoms with Gasteiger partial charge >= 0.3 is 5.69 Å². The van der Waals surface area contributed by atoms with Crippen molar-refractivity contribution >= 4 is 40.6 Å². The third-order valence-corrected chi connectivity index (χ3v) is 4.37. The molecule has 9 heteroatoms. The molecule has 1 amide bonds. The average Bonchev–Trinajstić information content (AvgIpc) is 2.55. The zero-order valence-corrected chi connectivity index (χ0v) is 17.8. The molecular formula is C19H24Cl2N4O3. The highest BCUT2D eigenvalue weighted by atomic mass is 35.5. The standard InChI is InChI=1S/C19H24Cl2N4O3/c1-10(2)8-24(18(27)12-5-13(20)7-14(21)6-12)15-16(22)25(9-11(3)4)19(28)23-17(15)26/h5-7,10-11H,8-9,22H2,1-4H3,(H,23,26,28). The summed E-state index contributed by atoms with van der Waals surface area (Å²) in [7, 11) is 0. The van der Waals surface area contributed by atoms with E-state index < -0.39 is 17.2 Å². The van der Waals surface area contributed by atoms with Gasteiger partial charge in [-0.2, -0.15) is 0 Å². The maximum atomic E-state index is 13.2. The normalized spacial score (nSPS) is 11.3. The van der Waals surface area contributed by atoms with Crippen molar-refractivity contribution in [3.63, 3.8) is 0 Å². The van der Waals surface area contributed by atoms with Crippen LogP contribution in [0.2, 0.25) is 10.0 Å². The summed E-state index contributed by atoms with van der Waals surface area (Å²) in [6.45, 7) is 8.17. The molecule has 0 aliphatic rings. The van der Waals surface area contributed by atoms with Crippen molar-refractivity contribution in [1.82, 2.24) is 9.55 Å². The molecule has 28 heavy (non-hydrogen) atoms. The first-order chi connectivity index (χ1) is 13.0. The Kier molecular flexibility index (Phi) is 6.96. The monoisotopic (exact) mass is 426 g/mol. The Hall–Kier alpha value is -2.25. The van der Waals surface area contributed by atoms with Gasteiger partial charge in [0.1, 0.15) is 5.82 Å². The van der Waals surface area contributed by atoms with E-state index in [1.165, 1.54) is 27.7 Å². The van der Waals surface area contributed by atoms with Crippen LogP contribution in [-0.4, -0.2) is 22.0 Å². The summed E-state index contributed by atoms with van der Waals surface area (Å²) in [6.07, 6.45) is 0. The van der Waals surface area contributed by atoms with E-state index in [1.54, 1.807) is 0 Å². The van der Waals surface area contributed by atoms with E-state index in [-0.39, 0.29) is 35.4 Å². The van der Waals surface area contributed by atoms with Gasteiger partial charge in [-0.15, -0.1) is 0 Å². The van der Waals surface area contributed by atoms with Crippen LogP contribution in [0.3, 0.4) is 0 Å². The highest BCUT2D eigenvalue weighted by Crippen LogP contribution is 2.25. The summed E-state index contributed by atoms with van der Waals surface area (Å²) in [5.74, 6) is -0.391. The maximum Gasteiger partial charge on any atom is 0.330 e. The molecule has 0 atom stereocenters. The Labute approximate surface area is 173 Å². The fourth-order valence-corrected chi connectivity index (χ4v) is 3.38. The van der Waals surface area contributed by atoms with Crippen molar-refractivity contribution in [2.24, 2.45) is 11.8 Å². The highest BCUT2D eigenvalue weighted by Gasteiger charge is 2.26. The molecule has 2 aromatic rings. The lowest BCUT2D eigenvalue weighted by Crippen LogP contribution is -2.43. The molecule has 3 N–H and O–H groups in total. The van der Waals surface area contributed by atoms with Gasteiger partial charge in [-0.3, -0.25) is 19.1 Å². The van der Waals surface area contributed by atoms with E-state index >= 15 is 0 Å². The van der Waals surface area contributed by atoms with Crippen molar-refractivity contribution < 1.29 is 4.79 Å². The maximum absolute atomic E-state index is 13.2. The van der Waals surface area contributed by atoms with Crippen molar-refractivity contribution in [2.45, 2.75) is 34.2 Å². The lowest BCUT2D eigenvalue weighted by atomic mass is 10.1. The molecule has 2 rings (SSSR count). The van der Waals surface area contributed by atoms with Crippen molar-refractivity contribution in [1.29, 1.82) is 0 Å². The average molecular weight is 427 g/mol.